The summed E-state index contributed by atoms with van der Waals surface area (Å²) in [4.78, 5) is 21.7. The van der Waals surface area contributed by atoms with Crippen molar-refractivity contribution in [3.8, 4) is 0 Å². The predicted octanol–water partition coefficient (Wildman–Crippen LogP) is 1.00. The molecule has 164 valence electrons. The number of nitrogens with two attached hydrogens (primary N) is 1. The van der Waals surface area contributed by atoms with Crippen LogP contribution in [-0.4, -0.2) is 57.1 Å². The quantitative estimate of drug-likeness (QED) is 0.622. The number of aromatic nitrogens is 3. The van der Waals surface area contributed by atoms with Crippen molar-refractivity contribution in [2.45, 2.75) is 56.7 Å². The first-order chi connectivity index (χ1) is 14.1. The lowest BCUT2D eigenvalue weighted by molar-refractivity contribution is 0.0267. The molecule has 2 atom stereocenters. The Bertz CT molecular complexity index is 1130. The van der Waals surface area contributed by atoms with Crippen LogP contribution < -0.4 is 16.0 Å². The largest absolute Gasteiger partial charge is 0.388 e. The Morgan fingerprint density at radius 3 is 2.63 bits per heavy atom. The number of rotatable bonds is 4. The molecule has 10 nitrogen and oxygen atoms in total. The van der Waals surface area contributed by atoms with Gasteiger partial charge in [-0.05, 0) is 45.1 Å². The summed E-state index contributed by atoms with van der Waals surface area (Å²) in [6.07, 6.45) is 4.76. The zero-order chi connectivity index (χ0) is 21.7. The van der Waals surface area contributed by atoms with Crippen LogP contribution in [0.25, 0.3) is 11.0 Å². The van der Waals surface area contributed by atoms with Crippen molar-refractivity contribution in [2.75, 3.05) is 18.4 Å². The third-order valence-corrected chi connectivity index (χ3v) is 7.42. The van der Waals surface area contributed by atoms with Crippen LogP contribution in [0.15, 0.2) is 17.1 Å². The molecule has 2 aromatic rings. The monoisotopic (exact) mass is 456 g/mol. The zero-order valence-corrected chi connectivity index (χ0v) is 18.2. The van der Waals surface area contributed by atoms with E-state index in [1.807, 2.05) is 0 Å². The van der Waals surface area contributed by atoms with E-state index in [4.69, 9.17) is 16.7 Å². The molecule has 0 unspecified atom stereocenters. The fourth-order valence-electron chi connectivity index (χ4n) is 4.42. The maximum Gasteiger partial charge on any atom is 0.276 e. The Kier molecular flexibility index (Phi) is 5.52. The molecule has 0 amide bonds. The fourth-order valence-corrected chi connectivity index (χ4v) is 5.35. The first-order valence-corrected chi connectivity index (χ1v) is 11.8. The van der Waals surface area contributed by atoms with Crippen molar-refractivity contribution < 1.29 is 13.5 Å². The van der Waals surface area contributed by atoms with Gasteiger partial charge in [0.15, 0.2) is 0 Å². The zero-order valence-electron chi connectivity index (χ0n) is 16.6. The molecule has 1 saturated carbocycles. The summed E-state index contributed by atoms with van der Waals surface area (Å²) in [7, 11) is -3.69. The molecule has 0 spiro atoms. The van der Waals surface area contributed by atoms with E-state index < -0.39 is 21.9 Å². The van der Waals surface area contributed by atoms with Gasteiger partial charge < -0.3 is 10.4 Å². The maximum absolute atomic E-state index is 12.9. The summed E-state index contributed by atoms with van der Waals surface area (Å²) < 4.78 is 25.7. The minimum Gasteiger partial charge on any atom is -0.388 e. The highest BCUT2D eigenvalue weighted by atomic mass is 35.5. The first-order valence-electron chi connectivity index (χ1n) is 9.91. The molecule has 0 aromatic carbocycles. The van der Waals surface area contributed by atoms with Crippen molar-refractivity contribution in [3.63, 3.8) is 0 Å². The predicted molar refractivity (Wildman–Crippen MR) is 114 cm³/mol. The van der Waals surface area contributed by atoms with E-state index >= 15 is 0 Å². The molecule has 12 heteroatoms. The molecule has 1 aliphatic heterocycles. The number of nitrogens with one attached hydrogen (secondary N) is 1. The van der Waals surface area contributed by atoms with Gasteiger partial charge in [0.1, 0.15) is 10.7 Å². The summed E-state index contributed by atoms with van der Waals surface area (Å²) in [6.45, 7) is 2.36. The number of halogens is 1. The molecule has 3 heterocycles. The Labute approximate surface area is 179 Å². The normalized spacial score (nSPS) is 26.3. The van der Waals surface area contributed by atoms with E-state index in [1.165, 1.54) is 14.9 Å². The average molecular weight is 457 g/mol. The van der Waals surface area contributed by atoms with Crippen LogP contribution in [0.5, 0.6) is 0 Å². The van der Waals surface area contributed by atoms with Crippen molar-refractivity contribution in [1.29, 1.82) is 0 Å². The van der Waals surface area contributed by atoms with Crippen LogP contribution in [-0.2, 0) is 10.2 Å². The Morgan fingerprint density at radius 1 is 1.33 bits per heavy atom. The highest BCUT2D eigenvalue weighted by Gasteiger charge is 2.39. The van der Waals surface area contributed by atoms with E-state index in [1.54, 1.807) is 13.1 Å². The van der Waals surface area contributed by atoms with Crippen molar-refractivity contribution >= 4 is 38.8 Å². The first kappa shape index (κ1) is 21.4. The minimum absolute atomic E-state index is 0.0255. The molecule has 0 bridgehead atoms. The topological polar surface area (TPSA) is 143 Å². The number of fused-ring (bicyclic) bond motifs is 1. The molecule has 30 heavy (non-hydrogen) atoms. The van der Waals surface area contributed by atoms with E-state index in [0.29, 0.717) is 55.8 Å². The number of hydrogen-bond donors (Lipinski definition) is 3. The number of aliphatic hydroxyl groups is 1. The molecule has 2 fully saturated rings. The fraction of sp³-hybridized carbons (Fsp3) is 0.611. The van der Waals surface area contributed by atoms with Crippen LogP contribution in [0.4, 0.5) is 5.95 Å². The van der Waals surface area contributed by atoms with Gasteiger partial charge in [-0.25, -0.2) is 10.1 Å². The highest BCUT2D eigenvalue weighted by molar-refractivity contribution is 7.86. The summed E-state index contributed by atoms with van der Waals surface area (Å²) in [5.41, 5.74) is -1.00. The summed E-state index contributed by atoms with van der Waals surface area (Å²) in [6, 6.07) is 1.09. The van der Waals surface area contributed by atoms with Gasteiger partial charge in [0, 0.05) is 30.7 Å². The van der Waals surface area contributed by atoms with Crippen LogP contribution in [0.2, 0.25) is 5.02 Å². The number of anilines is 1. The van der Waals surface area contributed by atoms with Crippen LogP contribution >= 0.6 is 11.6 Å². The maximum atomic E-state index is 12.9. The van der Waals surface area contributed by atoms with Gasteiger partial charge >= 0.3 is 0 Å². The lowest BCUT2D eigenvalue weighted by Gasteiger charge is -2.30. The SMILES string of the molecule is C[C@@]1(O)CCC[C@H]1n1c(=O)c(Cl)cc2cnc(NC3CCN(S(N)(=O)=O)CC3)nc21. The van der Waals surface area contributed by atoms with Crippen molar-refractivity contribution in [1.82, 2.24) is 18.8 Å². The Hall–Kier alpha value is -1.79. The Balaban J connectivity index is 1.65. The standard InChI is InChI=1S/C18H25ClN6O4S/c1-18(27)6-2-3-14(18)25-15-11(9-13(19)16(25)26)10-21-17(23-15)22-12-4-7-24(8-5-12)30(20,28)29/h9-10,12,14,27H,2-8H2,1H3,(H2,20,28,29)(H,21,22,23)/t14-,18-/m1/s1. The molecule has 2 aliphatic rings. The van der Waals surface area contributed by atoms with Gasteiger partial charge in [-0.1, -0.05) is 11.6 Å². The van der Waals surface area contributed by atoms with Gasteiger partial charge in [-0.3, -0.25) is 9.36 Å². The van der Waals surface area contributed by atoms with Crippen molar-refractivity contribution in [3.05, 3.63) is 27.6 Å². The number of nitrogens with zero attached hydrogens (tertiary/aromatic N) is 4. The van der Waals surface area contributed by atoms with Gasteiger partial charge in [0.25, 0.3) is 15.8 Å². The third kappa shape index (κ3) is 4.04. The summed E-state index contributed by atoms with van der Waals surface area (Å²) in [5.74, 6) is 0.338. The molecule has 4 rings (SSSR count). The molecule has 2 aromatic heterocycles. The van der Waals surface area contributed by atoms with Crippen LogP contribution in [0.3, 0.4) is 0 Å². The Morgan fingerprint density at radius 2 is 2.03 bits per heavy atom. The lowest BCUT2D eigenvalue weighted by atomic mass is 10.00. The minimum atomic E-state index is -3.69. The van der Waals surface area contributed by atoms with Crippen LogP contribution in [0.1, 0.15) is 45.1 Å². The number of hydrogen-bond acceptors (Lipinski definition) is 7. The van der Waals surface area contributed by atoms with Gasteiger partial charge in [0.2, 0.25) is 5.95 Å². The van der Waals surface area contributed by atoms with Crippen molar-refractivity contribution in [2.24, 2.45) is 5.14 Å². The third-order valence-electron chi connectivity index (χ3n) is 6.07. The molecule has 1 aliphatic carbocycles. The van der Waals surface area contributed by atoms with Crippen LogP contribution in [0, 0.1) is 0 Å². The van der Waals surface area contributed by atoms with E-state index in [0.717, 1.165) is 6.42 Å². The van der Waals surface area contributed by atoms with Gasteiger partial charge in [0.05, 0.1) is 11.6 Å². The number of piperidine rings is 1. The lowest BCUT2D eigenvalue weighted by Crippen LogP contribution is -2.45. The van der Waals surface area contributed by atoms with E-state index in [2.05, 4.69) is 15.3 Å². The molecule has 0 radical (unpaired) electrons. The second-order valence-electron chi connectivity index (χ2n) is 8.27. The molecular formula is C18H25ClN6O4S. The number of pyridine rings is 1. The van der Waals surface area contributed by atoms with E-state index in [9.17, 15) is 18.3 Å². The smallest absolute Gasteiger partial charge is 0.276 e. The van der Waals surface area contributed by atoms with Gasteiger partial charge in [-0.15, -0.1) is 0 Å². The molecular weight excluding hydrogens is 432 g/mol. The second-order valence-corrected chi connectivity index (χ2v) is 10.2. The summed E-state index contributed by atoms with van der Waals surface area (Å²) in [5, 5.41) is 19.9. The average Bonchev–Trinajstić information content (AvgIpc) is 3.02. The second kappa shape index (κ2) is 7.72. The molecule has 1 saturated heterocycles. The van der Waals surface area contributed by atoms with E-state index in [-0.39, 0.29) is 16.6 Å². The summed E-state index contributed by atoms with van der Waals surface area (Å²) >= 11 is 6.16. The molecule has 4 N–H and O–H groups in total. The highest BCUT2D eigenvalue weighted by Crippen LogP contribution is 2.39. The van der Waals surface area contributed by atoms with Gasteiger partial charge in [-0.2, -0.15) is 17.7 Å².